The summed E-state index contributed by atoms with van der Waals surface area (Å²) in [6.45, 7) is 9.02. The molecule has 0 spiro atoms. The zero-order valence-corrected chi connectivity index (χ0v) is 19.5. The summed E-state index contributed by atoms with van der Waals surface area (Å²) in [6.07, 6.45) is 1.17. The second-order valence-electron chi connectivity index (χ2n) is 8.82. The minimum atomic E-state index is 0.598. The van der Waals surface area contributed by atoms with E-state index in [4.69, 9.17) is 4.74 Å². The maximum Gasteiger partial charge on any atom is 0.193 e. The topological polar surface area (TPSA) is 43.3 Å². The summed E-state index contributed by atoms with van der Waals surface area (Å²) in [7, 11) is 3.66. The Morgan fingerprint density at radius 1 is 0.969 bits per heavy atom. The van der Waals surface area contributed by atoms with E-state index in [0.29, 0.717) is 5.92 Å². The second-order valence-corrected chi connectivity index (χ2v) is 8.82. The molecule has 6 nitrogen and oxygen atoms in total. The van der Waals surface area contributed by atoms with Crippen LogP contribution in [0.1, 0.15) is 17.5 Å². The summed E-state index contributed by atoms with van der Waals surface area (Å²) in [5.41, 5.74) is 4.09. The molecule has 0 saturated carbocycles. The highest BCUT2D eigenvalue weighted by atomic mass is 16.5. The van der Waals surface area contributed by atoms with Crippen molar-refractivity contribution in [1.29, 1.82) is 0 Å². The van der Waals surface area contributed by atoms with E-state index >= 15 is 0 Å². The number of likely N-dealkylation sites (tertiary alicyclic amines) is 1. The highest BCUT2D eigenvalue weighted by Crippen LogP contribution is 2.19. The first-order chi connectivity index (χ1) is 15.8. The number of aliphatic imine (C=N–C) groups is 1. The van der Waals surface area contributed by atoms with Gasteiger partial charge in [0.1, 0.15) is 0 Å². The van der Waals surface area contributed by atoms with Gasteiger partial charge in [0.05, 0.1) is 6.61 Å². The van der Waals surface area contributed by atoms with Gasteiger partial charge < -0.3 is 19.9 Å². The Kier molecular flexibility index (Phi) is 8.02. The molecule has 2 aliphatic rings. The molecule has 0 radical (unpaired) electrons. The van der Waals surface area contributed by atoms with Gasteiger partial charge in [0.25, 0.3) is 0 Å². The average molecular weight is 436 g/mol. The highest BCUT2D eigenvalue weighted by Gasteiger charge is 2.25. The number of para-hydroxylation sites is 1. The molecule has 2 saturated heterocycles. The van der Waals surface area contributed by atoms with Crippen molar-refractivity contribution in [3.05, 3.63) is 65.7 Å². The van der Waals surface area contributed by atoms with Crippen molar-refractivity contribution in [1.82, 2.24) is 15.1 Å². The van der Waals surface area contributed by atoms with E-state index in [-0.39, 0.29) is 0 Å². The maximum atomic E-state index is 5.34. The van der Waals surface area contributed by atoms with Gasteiger partial charge in [-0.1, -0.05) is 42.5 Å². The molecule has 4 rings (SSSR count). The van der Waals surface area contributed by atoms with Crippen LogP contribution in [0.2, 0.25) is 0 Å². The van der Waals surface area contributed by atoms with E-state index in [1.54, 1.807) is 7.11 Å². The smallest absolute Gasteiger partial charge is 0.193 e. The Labute approximate surface area is 192 Å². The Balaban J connectivity index is 1.30. The van der Waals surface area contributed by atoms with Gasteiger partial charge in [-0.3, -0.25) is 9.89 Å². The fourth-order valence-corrected chi connectivity index (χ4v) is 4.83. The Morgan fingerprint density at radius 2 is 1.69 bits per heavy atom. The van der Waals surface area contributed by atoms with Gasteiger partial charge in [-0.25, -0.2) is 0 Å². The van der Waals surface area contributed by atoms with Crippen molar-refractivity contribution >= 4 is 11.6 Å². The van der Waals surface area contributed by atoms with Crippen molar-refractivity contribution in [3.8, 4) is 0 Å². The lowest BCUT2D eigenvalue weighted by Gasteiger charge is -2.36. The molecule has 2 aromatic carbocycles. The minimum absolute atomic E-state index is 0.598. The first-order valence-electron chi connectivity index (χ1n) is 11.8. The summed E-state index contributed by atoms with van der Waals surface area (Å²) in [5, 5.41) is 3.60. The van der Waals surface area contributed by atoms with E-state index in [9.17, 15) is 0 Å². The SMILES string of the molecule is CN=C(NCc1ccccc1CN1CCN(c2ccccc2)CC1)N1CCC(COC)C1. The number of guanidine groups is 1. The summed E-state index contributed by atoms with van der Waals surface area (Å²) >= 11 is 0. The van der Waals surface area contributed by atoms with Gasteiger partial charge in [-0.2, -0.15) is 0 Å². The van der Waals surface area contributed by atoms with Crippen molar-refractivity contribution in [3.63, 3.8) is 0 Å². The van der Waals surface area contributed by atoms with E-state index < -0.39 is 0 Å². The third-order valence-electron chi connectivity index (χ3n) is 6.64. The number of piperazine rings is 1. The third-order valence-corrected chi connectivity index (χ3v) is 6.64. The lowest BCUT2D eigenvalue weighted by molar-refractivity contribution is 0.157. The van der Waals surface area contributed by atoms with Gasteiger partial charge in [-0.05, 0) is 29.7 Å². The number of nitrogens with one attached hydrogen (secondary N) is 1. The predicted octanol–water partition coefficient (Wildman–Crippen LogP) is 3.05. The lowest BCUT2D eigenvalue weighted by Crippen LogP contribution is -2.46. The van der Waals surface area contributed by atoms with E-state index in [1.165, 1.54) is 23.2 Å². The first-order valence-corrected chi connectivity index (χ1v) is 11.8. The summed E-state index contributed by atoms with van der Waals surface area (Å²) in [5.74, 6) is 1.59. The number of ether oxygens (including phenoxy) is 1. The molecule has 1 atom stereocenters. The normalized spacial score (nSPS) is 20.1. The Morgan fingerprint density at radius 3 is 2.41 bits per heavy atom. The third kappa shape index (κ3) is 5.81. The molecule has 172 valence electrons. The molecule has 2 heterocycles. The van der Waals surface area contributed by atoms with Crippen molar-refractivity contribution < 1.29 is 4.74 Å². The van der Waals surface area contributed by atoms with Gasteiger partial charge in [0.2, 0.25) is 0 Å². The van der Waals surface area contributed by atoms with Gasteiger partial charge >= 0.3 is 0 Å². The Hall–Kier alpha value is -2.57. The van der Waals surface area contributed by atoms with Gasteiger partial charge in [0.15, 0.2) is 5.96 Å². The molecular weight excluding hydrogens is 398 g/mol. The van der Waals surface area contributed by atoms with Crippen LogP contribution in [0.25, 0.3) is 0 Å². The molecule has 1 N–H and O–H groups in total. The van der Waals surface area contributed by atoms with Crippen LogP contribution in [-0.4, -0.2) is 75.8 Å². The standard InChI is InChI=1S/C26H37N5O/c1-27-26(31-13-12-22(19-31)21-32-2)28-18-23-8-6-7-9-24(23)20-29-14-16-30(17-15-29)25-10-4-3-5-11-25/h3-11,22H,12-21H2,1-2H3,(H,27,28). The summed E-state index contributed by atoms with van der Waals surface area (Å²) in [6, 6.07) is 19.6. The molecular formula is C26H37N5O. The van der Waals surface area contributed by atoms with E-state index in [0.717, 1.165) is 64.9 Å². The van der Waals surface area contributed by atoms with Crippen LogP contribution in [0.4, 0.5) is 5.69 Å². The van der Waals surface area contributed by atoms with Crippen LogP contribution in [0.3, 0.4) is 0 Å². The number of hydrogen-bond donors (Lipinski definition) is 1. The summed E-state index contributed by atoms with van der Waals surface area (Å²) in [4.78, 5) is 12.0. The molecule has 32 heavy (non-hydrogen) atoms. The zero-order chi connectivity index (χ0) is 22.2. The highest BCUT2D eigenvalue weighted by molar-refractivity contribution is 5.80. The van der Waals surface area contributed by atoms with Crippen LogP contribution in [0.15, 0.2) is 59.6 Å². The van der Waals surface area contributed by atoms with Gasteiger partial charge in [-0.15, -0.1) is 0 Å². The van der Waals surface area contributed by atoms with Crippen LogP contribution in [-0.2, 0) is 17.8 Å². The van der Waals surface area contributed by atoms with E-state index in [1.807, 2.05) is 7.05 Å². The van der Waals surface area contributed by atoms with Crippen molar-refractivity contribution in [2.45, 2.75) is 19.5 Å². The molecule has 1 unspecified atom stereocenters. The van der Waals surface area contributed by atoms with Crippen molar-refractivity contribution in [2.75, 3.05) is 64.9 Å². The minimum Gasteiger partial charge on any atom is -0.384 e. The number of methoxy groups -OCH3 is 1. The molecule has 0 bridgehead atoms. The number of rotatable bonds is 7. The van der Waals surface area contributed by atoms with Crippen LogP contribution < -0.4 is 10.2 Å². The number of anilines is 1. The molecule has 2 aromatic rings. The Bertz CT molecular complexity index is 864. The molecule has 6 heteroatoms. The van der Waals surface area contributed by atoms with Crippen LogP contribution in [0, 0.1) is 5.92 Å². The fraction of sp³-hybridized carbons (Fsp3) is 0.500. The van der Waals surface area contributed by atoms with E-state index in [2.05, 4.69) is 79.6 Å². The molecule has 2 aliphatic heterocycles. The van der Waals surface area contributed by atoms with Crippen LogP contribution in [0.5, 0.6) is 0 Å². The maximum absolute atomic E-state index is 5.34. The fourth-order valence-electron chi connectivity index (χ4n) is 4.83. The quantitative estimate of drug-likeness (QED) is 0.535. The predicted molar refractivity (Wildman–Crippen MR) is 132 cm³/mol. The lowest BCUT2D eigenvalue weighted by atomic mass is 10.1. The molecule has 0 aromatic heterocycles. The van der Waals surface area contributed by atoms with Crippen LogP contribution >= 0.6 is 0 Å². The second kappa shape index (κ2) is 11.3. The molecule has 0 amide bonds. The monoisotopic (exact) mass is 435 g/mol. The first kappa shape index (κ1) is 22.6. The summed E-state index contributed by atoms with van der Waals surface area (Å²) < 4.78 is 5.34. The molecule has 0 aliphatic carbocycles. The number of benzene rings is 2. The number of nitrogens with zero attached hydrogens (tertiary/aromatic N) is 4. The van der Waals surface area contributed by atoms with Crippen molar-refractivity contribution in [2.24, 2.45) is 10.9 Å². The van der Waals surface area contributed by atoms with Gasteiger partial charge in [0, 0.05) is 78.1 Å². The molecule has 2 fully saturated rings. The zero-order valence-electron chi connectivity index (χ0n) is 19.5. The average Bonchev–Trinajstić information content (AvgIpc) is 3.30. The largest absolute Gasteiger partial charge is 0.384 e. The number of hydrogen-bond acceptors (Lipinski definition) is 4.